The number of aromatic nitrogens is 3. The second-order valence-corrected chi connectivity index (χ2v) is 6.42. The number of hydrogen-bond acceptors (Lipinski definition) is 6. The highest BCUT2D eigenvalue weighted by atomic mass is 16.5. The Labute approximate surface area is 148 Å². The summed E-state index contributed by atoms with van der Waals surface area (Å²) in [5, 5.41) is 4.43. The highest BCUT2D eigenvalue weighted by Gasteiger charge is 2.22. The fourth-order valence-corrected chi connectivity index (χ4v) is 3.13. The molecule has 0 aliphatic carbocycles. The van der Waals surface area contributed by atoms with E-state index in [0.29, 0.717) is 19.4 Å². The lowest BCUT2D eigenvalue weighted by molar-refractivity contribution is 0.0688. The maximum Gasteiger partial charge on any atom is 0.150 e. The van der Waals surface area contributed by atoms with Crippen LogP contribution in [0.15, 0.2) is 12.3 Å². The van der Waals surface area contributed by atoms with E-state index in [-0.39, 0.29) is 0 Å². The minimum absolute atomic E-state index is 0.292. The van der Waals surface area contributed by atoms with Crippen LogP contribution < -0.4 is 9.64 Å². The molecule has 0 N–H and O–H groups in total. The quantitative estimate of drug-likeness (QED) is 0.684. The highest BCUT2D eigenvalue weighted by Crippen LogP contribution is 2.30. The number of rotatable bonds is 8. The summed E-state index contributed by atoms with van der Waals surface area (Å²) in [7, 11) is 1.68. The van der Waals surface area contributed by atoms with Crippen molar-refractivity contribution < 1.29 is 14.2 Å². The molecule has 0 radical (unpaired) electrons. The van der Waals surface area contributed by atoms with Gasteiger partial charge in [0.1, 0.15) is 29.3 Å². The van der Waals surface area contributed by atoms with Crippen LogP contribution in [0, 0.1) is 0 Å². The highest BCUT2D eigenvalue weighted by molar-refractivity contribution is 5.83. The lowest BCUT2D eigenvalue weighted by Crippen LogP contribution is -2.44. The molecule has 7 heteroatoms. The van der Waals surface area contributed by atoms with Crippen molar-refractivity contribution in [1.29, 1.82) is 0 Å². The normalized spacial score (nSPS) is 18.0. The van der Waals surface area contributed by atoms with E-state index in [4.69, 9.17) is 19.2 Å². The molecule has 1 atom stereocenters. The number of ether oxygens (including phenoxy) is 3. The number of hydrogen-bond donors (Lipinski definition) is 0. The van der Waals surface area contributed by atoms with Crippen molar-refractivity contribution in [3.05, 3.63) is 12.3 Å². The Hall–Kier alpha value is -1.86. The largest absolute Gasteiger partial charge is 0.494 e. The zero-order chi connectivity index (χ0) is 17.6. The first-order valence-electron chi connectivity index (χ1n) is 9.07. The minimum Gasteiger partial charge on any atom is -0.494 e. The van der Waals surface area contributed by atoms with E-state index in [0.717, 1.165) is 48.8 Å². The predicted molar refractivity (Wildman–Crippen MR) is 97.2 cm³/mol. The first-order chi connectivity index (χ1) is 12.2. The SMILES string of the molecule is CCCCCOCn1ncc2nc(N3CCOC[C@H]3C)cc(OC)c21. The van der Waals surface area contributed by atoms with Gasteiger partial charge < -0.3 is 19.1 Å². The van der Waals surface area contributed by atoms with Crippen LogP contribution in [-0.4, -0.2) is 54.3 Å². The monoisotopic (exact) mass is 348 g/mol. The molecular formula is C18H28N4O3. The molecule has 1 aliphatic rings. The number of anilines is 1. The van der Waals surface area contributed by atoms with Gasteiger partial charge in [0.25, 0.3) is 0 Å². The first kappa shape index (κ1) is 17.9. The lowest BCUT2D eigenvalue weighted by atomic mass is 10.2. The van der Waals surface area contributed by atoms with Crippen LogP contribution in [0.4, 0.5) is 5.82 Å². The van der Waals surface area contributed by atoms with Crippen LogP contribution in [0.25, 0.3) is 11.0 Å². The number of nitrogens with zero attached hydrogens (tertiary/aromatic N) is 4. The molecule has 0 aromatic carbocycles. The average molecular weight is 348 g/mol. The van der Waals surface area contributed by atoms with Gasteiger partial charge in [-0.15, -0.1) is 0 Å². The Morgan fingerprint density at radius 1 is 1.36 bits per heavy atom. The van der Waals surface area contributed by atoms with Crippen LogP contribution in [-0.2, 0) is 16.2 Å². The van der Waals surface area contributed by atoms with E-state index < -0.39 is 0 Å². The Balaban J connectivity index is 1.80. The third kappa shape index (κ3) is 4.04. The van der Waals surface area contributed by atoms with Gasteiger partial charge in [-0.25, -0.2) is 9.67 Å². The third-order valence-electron chi connectivity index (χ3n) is 4.54. The smallest absolute Gasteiger partial charge is 0.150 e. The molecule has 0 amide bonds. The van der Waals surface area contributed by atoms with Crippen LogP contribution in [0.3, 0.4) is 0 Å². The summed E-state index contributed by atoms with van der Waals surface area (Å²) in [5.74, 6) is 1.68. The van der Waals surface area contributed by atoms with Gasteiger partial charge in [0.05, 0.1) is 32.6 Å². The maximum absolute atomic E-state index is 5.74. The molecule has 1 fully saturated rings. The minimum atomic E-state index is 0.292. The first-order valence-corrected chi connectivity index (χ1v) is 9.07. The van der Waals surface area contributed by atoms with Gasteiger partial charge in [-0.3, -0.25) is 0 Å². The summed E-state index contributed by atoms with van der Waals surface area (Å²) in [4.78, 5) is 7.04. The second kappa shape index (κ2) is 8.49. The summed E-state index contributed by atoms with van der Waals surface area (Å²) in [6.45, 7) is 7.75. The van der Waals surface area contributed by atoms with Crippen molar-refractivity contribution in [3.8, 4) is 5.75 Å². The average Bonchev–Trinajstić information content (AvgIpc) is 3.04. The molecule has 0 unspecified atom stereocenters. The fraction of sp³-hybridized carbons (Fsp3) is 0.667. The maximum atomic E-state index is 5.74. The van der Waals surface area contributed by atoms with Gasteiger partial charge in [-0.1, -0.05) is 19.8 Å². The summed E-state index contributed by atoms with van der Waals surface area (Å²) in [6, 6.07) is 2.28. The van der Waals surface area contributed by atoms with Gasteiger partial charge in [0, 0.05) is 19.2 Å². The standard InChI is InChI=1S/C18H28N4O3/c1-4-5-6-8-25-13-22-18-15(11-19-22)20-17(10-16(18)23-3)21-7-9-24-12-14(21)2/h10-11,14H,4-9,12-13H2,1-3H3/t14-/m1/s1. The molecule has 2 aromatic heterocycles. The van der Waals surface area contributed by atoms with E-state index in [2.05, 4.69) is 23.8 Å². The fourth-order valence-electron chi connectivity index (χ4n) is 3.13. The van der Waals surface area contributed by atoms with Gasteiger partial charge >= 0.3 is 0 Å². The molecule has 25 heavy (non-hydrogen) atoms. The summed E-state index contributed by atoms with van der Waals surface area (Å²) >= 11 is 0. The number of morpholine rings is 1. The Bertz CT molecular complexity index is 688. The summed E-state index contributed by atoms with van der Waals surface area (Å²) in [6.07, 6.45) is 5.23. The van der Waals surface area contributed by atoms with Crippen LogP contribution in [0.1, 0.15) is 33.1 Å². The van der Waals surface area contributed by atoms with Crippen LogP contribution >= 0.6 is 0 Å². The third-order valence-corrected chi connectivity index (χ3v) is 4.54. The Morgan fingerprint density at radius 3 is 3.00 bits per heavy atom. The molecule has 0 bridgehead atoms. The van der Waals surface area contributed by atoms with E-state index in [1.807, 2.05) is 10.7 Å². The van der Waals surface area contributed by atoms with Gasteiger partial charge in [0.2, 0.25) is 0 Å². The van der Waals surface area contributed by atoms with E-state index in [1.165, 1.54) is 12.8 Å². The number of methoxy groups -OCH3 is 1. The van der Waals surface area contributed by atoms with E-state index in [1.54, 1.807) is 13.3 Å². The summed E-state index contributed by atoms with van der Waals surface area (Å²) in [5.41, 5.74) is 1.70. The second-order valence-electron chi connectivity index (χ2n) is 6.42. The Morgan fingerprint density at radius 2 is 2.24 bits per heavy atom. The predicted octanol–water partition coefficient (Wildman–Crippen LogP) is 2.83. The van der Waals surface area contributed by atoms with Crippen molar-refractivity contribution in [2.45, 2.75) is 45.9 Å². The number of unbranched alkanes of at least 4 members (excludes halogenated alkanes) is 2. The molecular weight excluding hydrogens is 320 g/mol. The molecule has 3 rings (SSSR count). The number of pyridine rings is 1. The zero-order valence-corrected chi connectivity index (χ0v) is 15.4. The van der Waals surface area contributed by atoms with E-state index >= 15 is 0 Å². The van der Waals surface area contributed by atoms with Crippen molar-refractivity contribution in [2.75, 3.05) is 38.4 Å². The Kier molecular flexibility index (Phi) is 6.09. The lowest BCUT2D eigenvalue weighted by Gasteiger charge is -2.34. The molecule has 1 aliphatic heterocycles. The van der Waals surface area contributed by atoms with Gasteiger partial charge in [0.15, 0.2) is 0 Å². The molecule has 0 spiro atoms. The molecule has 3 heterocycles. The van der Waals surface area contributed by atoms with Crippen LogP contribution in [0.5, 0.6) is 5.75 Å². The van der Waals surface area contributed by atoms with Crippen molar-refractivity contribution in [1.82, 2.24) is 14.8 Å². The molecule has 7 nitrogen and oxygen atoms in total. The van der Waals surface area contributed by atoms with E-state index in [9.17, 15) is 0 Å². The van der Waals surface area contributed by atoms with Gasteiger partial charge in [-0.2, -0.15) is 5.10 Å². The zero-order valence-electron chi connectivity index (χ0n) is 15.4. The van der Waals surface area contributed by atoms with Crippen molar-refractivity contribution in [2.24, 2.45) is 0 Å². The van der Waals surface area contributed by atoms with Crippen molar-refractivity contribution >= 4 is 16.9 Å². The van der Waals surface area contributed by atoms with Gasteiger partial charge in [-0.05, 0) is 13.3 Å². The molecule has 0 saturated carbocycles. The molecule has 2 aromatic rings. The van der Waals surface area contributed by atoms with Crippen LogP contribution in [0.2, 0.25) is 0 Å². The topological polar surface area (TPSA) is 61.6 Å². The number of fused-ring (bicyclic) bond motifs is 1. The summed E-state index contributed by atoms with van der Waals surface area (Å²) < 4.78 is 18.7. The molecule has 138 valence electrons. The van der Waals surface area contributed by atoms with Crippen molar-refractivity contribution in [3.63, 3.8) is 0 Å². The molecule has 1 saturated heterocycles.